The molecule has 8 heteroatoms. The highest BCUT2D eigenvalue weighted by Gasteiger charge is 2.04. The molecule has 0 amide bonds. The van der Waals surface area contributed by atoms with Gasteiger partial charge in [0.15, 0.2) is 5.96 Å². The number of benzene rings is 1. The van der Waals surface area contributed by atoms with Gasteiger partial charge < -0.3 is 10.6 Å². The smallest absolute Gasteiger partial charge is 0.269 e. The lowest BCUT2D eigenvalue weighted by atomic mass is 10.1. The van der Waals surface area contributed by atoms with Gasteiger partial charge in [0.05, 0.1) is 17.2 Å². The summed E-state index contributed by atoms with van der Waals surface area (Å²) in [6, 6.07) is 8.72. The third kappa shape index (κ3) is 6.19. The Morgan fingerprint density at radius 1 is 1.23 bits per heavy atom. The second-order valence-electron chi connectivity index (χ2n) is 5.95. The van der Waals surface area contributed by atoms with Crippen molar-refractivity contribution < 1.29 is 4.92 Å². The van der Waals surface area contributed by atoms with Crippen LogP contribution in [0.15, 0.2) is 41.5 Å². The van der Waals surface area contributed by atoms with E-state index in [1.54, 1.807) is 18.3 Å². The average Bonchev–Trinajstić information content (AvgIpc) is 3.04. The first-order valence-electron chi connectivity index (χ1n) is 8.82. The Kier molecular flexibility index (Phi) is 7.60. The SMILES string of the molecule is CCNC(=NCc1ccnn1C)NCCCCc1ccc([N+](=O)[O-])cc1. The average molecular weight is 358 g/mol. The van der Waals surface area contributed by atoms with Gasteiger partial charge in [-0.05, 0) is 37.8 Å². The summed E-state index contributed by atoms with van der Waals surface area (Å²) in [7, 11) is 1.91. The van der Waals surface area contributed by atoms with Crippen LogP contribution in [0.1, 0.15) is 31.0 Å². The van der Waals surface area contributed by atoms with Gasteiger partial charge in [-0.3, -0.25) is 14.8 Å². The summed E-state index contributed by atoms with van der Waals surface area (Å²) in [6.45, 7) is 4.24. The topological polar surface area (TPSA) is 97.4 Å². The Morgan fingerprint density at radius 2 is 2.00 bits per heavy atom. The van der Waals surface area contributed by atoms with Crippen LogP contribution >= 0.6 is 0 Å². The standard InChI is InChI=1S/C18H26N6O2/c1-3-19-18(21-14-17-11-13-22-23(17)2)20-12-5-4-6-15-7-9-16(10-8-15)24(25)26/h7-11,13H,3-6,12,14H2,1-2H3,(H2,19,20,21). The lowest BCUT2D eigenvalue weighted by Crippen LogP contribution is -2.37. The monoisotopic (exact) mass is 358 g/mol. The van der Waals surface area contributed by atoms with Gasteiger partial charge in [0.25, 0.3) is 5.69 Å². The fourth-order valence-corrected chi connectivity index (χ4v) is 2.50. The molecule has 0 saturated carbocycles. The number of rotatable bonds is 9. The fourth-order valence-electron chi connectivity index (χ4n) is 2.50. The molecule has 2 N–H and O–H groups in total. The van der Waals surface area contributed by atoms with Crippen molar-refractivity contribution in [2.75, 3.05) is 13.1 Å². The molecule has 8 nitrogen and oxygen atoms in total. The Hall–Kier alpha value is -2.90. The van der Waals surface area contributed by atoms with Crippen molar-refractivity contribution in [3.63, 3.8) is 0 Å². The predicted molar refractivity (Wildman–Crippen MR) is 102 cm³/mol. The van der Waals surface area contributed by atoms with E-state index in [0.29, 0.717) is 6.54 Å². The number of aryl methyl sites for hydroxylation is 2. The molecule has 0 radical (unpaired) electrons. The van der Waals surface area contributed by atoms with Gasteiger partial charge in [-0.25, -0.2) is 4.99 Å². The molecule has 0 spiro atoms. The molecule has 0 atom stereocenters. The van der Waals surface area contributed by atoms with Crippen molar-refractivity contribution in [3.8, 4) is 0 Å². The summed E-state index contributed by atoms with van der Waals surface area (Å²) >= 11 is 0. The zero-order chi connectivity index (χ0) is 18.8. The molecule has 0 unspecified atom stereocenters. The van der Waals surface area contributed by atoms with Crippen LogP contribution in [0.3, 0.4) is 0 Å². The van der Waals surface area contributed by atoms with Gasteiger partial charge in [-0.1, -0.05) is 12.1 Å². The summed E-state index contributed by atoms with van der Waals surface area (Å²) < 4.78 is 1.82. The molecule has 0 aliphatic carbocycles. The Balaban J connectivity index is 1.72. The van der Waals surface area contributed by atoms with Crippen LogP contribution in [-0.2, 0) is 20.0 Å². The van der Waals surface area contributed by atoms with E-state index in [-0.39, 0.29) is 10.6 Å². The van der Waals surface area contributed by atoms with E-state index in [9.17, 15) is 10.1 Å². The van der Waals surface area contributed by atoms with Gasteiger partial charge in [0.2, 0.25) is 0 Å². The van der Waals surface area contributed by atoms with Crippen LogP contribution in [0.2, 0.25) is 0 Å². The van der Waals surface area contributed by atoms with Gasteiger partial charge in [0.1, 0.15) is 0 Å². The minimum Gasteiger partial charge on any atom is -0.357 e. The quantitative estimate of drug-likeness (QED) is 0.236. The highest BCUT2D eigenvalue weighted by molar-refractivity contribution is 5.79. The summed E-state index contributed by atoms with van der Waals surface area (Å²) in [5.74, 6) is 0.795. The summed E-state index contributed by atoms with van der Waals surface area (Å²) in [5, 5.41) is 21.4. The fraction of sp³-hybridized carbons (Fsp3) is 0.444. The summed E-state index contributed by atoms with van der Waals surface area (Å²) in [6.07, 6.45) is 4.67. The van der Waals surface area contributed by atoms with Crippen LogP contribution in [0.5, 0.6) is 0 Å². The maximum Gasteiger partial charge on any atom is 0.269 e. The minimum atomic E-state index is -0.374. The number of nitrogens with zero attached hydrogens (tertiary/aromatic N) is 4. The van der Waals surface area contributed by atoms with Gasteiger partial charge in [-0.2, -0.15) is 5.10 Å². The molecule has 26 heavy (non-hydrogen) atoms. The van der Waals surface area contributed by atoms with Gasteiger partial charge >= 0.3 is 0 Å². The van der Waals surface area contributed by atoms with Crippen LogP contribution in [0.4, 0.5) is 5.69 Å². The van der Waals surface area contributed by atoms with Gasteiger partial charge in [-0.15, -0.1) is 0 Å². The number of hydrogen-bond donors (Lipinski definition) is 2. The van der Waals surface area contributed by atoms with Crippen LogP contribution in [0, 0.1) is 10.1 Å². The van der Waals surface area contributed by atoms with E-state index in [4.69, 9.17) is 0 Å². The number of nitrogens with one attached hydrogen (secondary N) is 2. The van der Waals surface area contributed by atoms with E-state index in [1.807, 2.05) is 36.9 Å². The molecule has 1 aromatic carbocycles. The first kappa shape index (κ1) is 19.4. The summed E-state index contributed by atoms with van der Waals surface area (Å²) in [4.78, 5) is 14.8. The molecule has 1 heterocycles. The predicted octanol–water partition coefficient (Wildman–Crippen LogP) is 2.41. The molecular formula is C18H26N6O2. The normalized spacial score (nSPS) is 11.4. The zero-order valence-corrected chi connectivity index (χ0v) is 15.3. The van der Waals surface area contributed by atoms with Crippen molar-refractivity contribution in [1.82, 2.24) is 20.4 Å². The number of aromatic nitrogens is 2. The van der Waals surface area contributed by atoms with E-state index >= 15 is 0 Å². The second kappa shape index (κ2) is 10.2. The molecule has 0 aliphatic rings. The Bertz CT molecular complexity index is 724. The number of aliphatic imine (C=N–C) groups is 1. The first-order valence-corrected chi connectivity index (χ1v) is 8.82. The number of guanidine groups is 1. The minimum absolute atomic E-state index is 0.135. The number of non-ortho nitro benzene ring substituents is 1. The van der Waals surface area contributed by atoms with E-state index in [1.165, 1.54) is 0 Å². The number of nitro benzene ring substituents is 1. The van der Waals surface area contributed by atoms with Crippen molar-refractivity contribution in [3.05, 3.63) is 57.9 Å². The van der Waals surface area contributed by atoms with Crippen molar-refractivity contribution in [2.24, 2.45) is 12.0 Å². The molecule has 0 aliphatic heterocycles. The maximum absolute atomic E-state index is 10.7. The van der Waals surface area contributed by atoms with Crippen LogP contribution in [-0.4, -0.2) is 33.8 Å². The molecule has 2 aromatic rings. The van der Waals surface area contributed by atoms with E-state index < -0.39 is 0 Å². The maximum atomic E-state index is 10.7. The lowest BCUT2D eigenvalue weighted by molar-refractivity contribution is -0.384. The van der Waals surface area contributed by atoms with E-state index in [0.717, 1.165) is 49.6 Å². The van der Waals surface area contributed by atoms with Crippen molar-refractivity contribution >= 4 is 11.6 Å². The highest BCUT2D eigenvalue weighted by atomic mass is 16.6. The number of hydrogen-bond acceptors (Lipinski definition) is 4. The molecule has 0 bridgehead atoms. The molecule has 140 valence electrons. The highest BCUT2D eigenvalue weighted by Crippen LogP contribution is 2.13. The molecule has 0 saturated heterocycles. The number of unbranched alkanes of at least 4 members (excludes halogenated alkanes) is 1. The van der Waals surface area contributed by atoms with Crippen molar-refractivity contribution in [2.45, 2.75) is 32.7 Å². The third-order valence-electron chi connectivity index (χ3n) is 4.00. The van der Waals surface area contributed by atoms with Gasteiger partial charge in [0, 0.05) is 38.5 Å². The first-order chi connectivity index (χ1) is 12.6. The molecule has 1 aromatic heterocycles. The van der Waals surface area contributed by atoms with Crippen molar-refractivity contribution in [1.29, 1.82) is 0 Å². The Morgan fingerprint density at radius 3 is 2.62 bits per heavy atom. The third-order valence-corrected chi connectivity index (χ3v) is 4.00. The largest absolute Gasteiger partial charge is 0.357 e. The van der Waals surface area contributed by atoms with Crippen LogP contribution < -0.4 is 10.6 Å². The zero-order valence-electron chi connectivity index (χ0n) is 15.3. The second-order valence-corrected chi connectivity index (χ2v) is 5.95. The molecule has 0 fully saturated rings. The number of nitro groups is 1. The van der Waals surface area contributed by atoms with E-state index in [2.05, 4.69) is 20.7 Å². The van der Waals surface area contributed by atoms with Crippen LogP contribution in [0.25, 0.3) is 0 Å². The lowest BCUT2D eigenvalue weighted by Gasteiger charge is -2.11. The molecule has 2 rings (SSSR count). The Labute approximate surface area is 153 Å². The summed E-state index contributed by atoms with van der Waals surface area (Å²) in [5.41, 5.74) is 2.31. The molecular weight excluding hydrogens is 332 g/mol.